The highest BCUT2D eigenvalue weighted by atomic mass is 32.2. The molecule has 0 bridgehead atoms. The van der Waals surface area contributed by atoms with Gasteiger partial charge in [-0.1, -0.05) is 18.6 Å². The molecule has 1 saturated carbocycles. The van der Waals surface area contributed by atoms with Crippen LogP contribution in [0.1, 0.15) is 42.5 Å². The maximum atomic E-state index is 13.0. The van der Waals surface area contributed by atoms with Crippen LogP contribution in [0.25, 0.3) is 0 Å². The van der Waals surface area contributed by atoms with E-state index in [0.717, 1.165) is 23.5 Å². The number of hydrogen-bond donors (Lipinski definition) is 1. The molecule has 1 aliphatic heterocycles. The molecule has 0 aromatic heterocycles. The second-order valence-electron chi connectivity index (χ2n) is 6.04. The Hall–Kier alpha value is -1.00. The van der Waals surface area contributed by atoms with Gasteiger partial charge in [-0.05, 0) is 50.6 Å². The van der Waals surface area contributed by atoms with Gasteiger partial charge >= 0.3 is 0 Å². The van der Waals surface area contributed by atoms with Crippen molar-refractivity contribution >= 4 is 17.7 Å². The van der Waals surface area contributed by atoms with Gasteiger partial charge in [0.2, 0.25) is 0 Å². The first-order valence-electron chi connectivity index (χ1n) is 7.97. The third kappa shape index (κ3) is 3.61. The van der Waals surface area contributed by atoms with E-state index in [2.05, 4.69) is 10.2 Å². The van der Waals surface area contributed by atoms with Crippen molar-refractivity contribution in [3.63, 3.8) is 0 Å². The Labute approximate surface area is 131 Å². The predicted molar refractivity (Wildman–Crippen MR) is 87.9 cm³/mol. The van der Waals surface area contributed by atoms with Gasteiger partial charge in [0.15, 0.2) is 0 Å². The number of nitrogens with one attached hydrogen (secondary N) is 1. The quantitative estimate of drug-likeness (QED) is 0.848. The van der Waals surface area contributed by atoms with Crippen LogP contribution >= 0.6 is 11.8 Å². The van der Waals surface area contributed by atoms with Gasteiger partial charge in [0.25, 0.3) is 5.91 Å². The second kappa shape index (κ2) is 6.84. The molecule has 0 radical (unpaired) electrons. The number of rotatable bonds is 5. The van der Waals surface area contributed by atoms with E-state index in [9.17, 15) is 4.79 Å². The zero-order chi connectivity index (χ0) is 14.7. The van der Waals surface area contributed by atoms with Crippen molar-refractivity contribution in [3.8, 4) is 0 Å². The van der Waals surface area contributed by atoms with Gasteiger partial charge in [-0.15, -0.1) is 11.8 Å². The SMILES string of the molecule is CSc1ccccc1C(=O)N(CC1CCCCN1)C1CC1. The van der Waals surface area contributed by atoms with Crippen LogP contribution in [0.15, 0.2) is 29.2 Å². The topological polar surface area (TPSA) is 32.3 Å². The molecular formula is C17H24N2OS. The molecule has 114 valence electrons. The van der Waals surface area contributed by atoms with Crippen molar-refractivity contribution < 1.29 is 4.79 Å². The van der Waals surface area contributed by atoms with Gasteiger partial charge in [-0.3, -0.25) is 4.79 Å². The Bertz CT molecular complexity index is 495. The fraction of sp³-hybridized carbons (Fsp3) is 0.588. The number of hydrogen-bond acceptors (Lipinski definition) is 3. The summed E-state index contributed by atoms with van der Waals surface area (Å²) in [6, 6.07) is 8.93. The second-order valence-corrected chi connectivity index (χ2v) is 6.88. The molecule has 1 amide bonds. The molecule has 3 rings (SSSR count). The van der Waals surface area contributed by atoms with Crippen molar-refractivity contribution in [2.24, 2.45) is 0 Å². The van der Waals surface area contributed by atoms with Crippen LogP contribution in [-0.4, -0.2) is 42.2 Å². The molecule has 1 heterocycles. The molecule has 2 fully saturated rings. The van der Waals surface area contributed by atoms with Crippen LogP contribution in [-0.2, 0) is 0 Å². The summed E-state index contributed by atoms with van der Waals surface area (Å²) in [4.78, 5) is 16.2. The van der Waals surface area contributed by atoms with E-state index in [4.69, 9.17) is 0 Å². The summed E-state index contributed by atoms with van der Waals surface area (Å²) in [7, 11) is 0. The Balaban J connectivity index is 1.75. The van der Waals surface area contributed by atoms with Crippen molar-refractivity contribution in [3.05, 3.63) is 29.8 Å². The number of nitrogens with zero attached hydrogens (tertiary/aromatic N) is 1. The minimum absolute atomic E-state index is 0.217. The Morgan fingerprint density at radius 2 is 2.10 bits per heavy atom. The summed E-state index contributed by atoms with van der Waals surface area (Å²) in [5.74, 6) is 0.217. The molecule has 3 nitrogen and oxygen atoms in total. The van der Waals surface area contributed by atoms with Gasteiger partial charge < -0.3 is 10.2 Å². The summed E-state index contributed by atoms with van der Waals surface area (Å²) in [5.41, 5.74) is 0.868. The van der Waals surface area contributed by atoms with Crippen LogP contribution < -0.4 is 5.32 Å². The highest BCUT2D eigenvalue weighted by Crippen LogP contribution is 2.31. The maximum absolute atomic E-state index is 13.0. The largest absolute Gasteiger partial charge is 0.334 e. The molecule has 1 N–H and O–H groups in total. The number of carbonyl (C=O) groups is 1. The summed E-state index contributed by atoms with van der Waals surface area (Å²) >= 11 is 1.66. The molecular weight excluding hydrogens is 280 g/mol. The fourth-order valence-corrected chi connectivity index (χ4v) is 3.67. The highest BCUT2D eigenvalue weighted by Gasteiger charge is 2.35. The zero-order valence-corrected chi connectivity index (χ0v) is 13.5. The number of piperidine rings is 1. The van der Waals surface area contributed by atoms with Crippen LogP contribution in [0.4, 0.5) is 0 Å². The van der Waals surface area contributed by atoms with Gasteiger partial charge in [-0.25, -0.2) is 0 Å². The average Bonchev–Trinajstić information content (AvgIpc) is 3.37. The number of amides is 1. The van der Waals surface area contributed by atoms with Crippen LogP contribution in [0.2, 0.25) is 0 Å². The first kappa shape index (κ1) is 14.9. The summed E-state index contributed by atoms with van der Waals surface area (Å²) in [6.07, 6.45) is 8.12. The normalized spacial score (nSPS) is 22.0. The standard InChI is InChI=1S/C17H24N2OS/c1-21-16-8-3-2-7-15(16)17(20)19(14-9-10-14)12-13-6-4-5-11-18-13/h2-3,7-8,13-14,18H,4-6,9-12H2,1H3. The molecule has 1 aliphatic carbocycles. The molecule has 1 aromatic rings. The molecule has 1 saturated heterocycles. The summed E-state index contributed by atoms with van der Waals surface area (Å²) in [5, 5.41) is 3.57. The minimum Gasteiger partial charge on any atom is -0.334 e. The lowest BCUT2D eigenvalue weighted by Crippen LogP contribution is -2.46. The van der Waals surface area contributed by atoms with E-state index in [1.54, 1.807) is 11.8 Å². The van der Waals surface area contributed by atoms with Crippen LogP contribution in [0.5, 0.6) is 0 Å². The molecule has 1 atom stereocenters. The minimum atomic E-state index is 0.217. The van der Waals surface area contributed by atoms with E-state index in [1.807, 2.05) is 30.5 Å². The Morgan fingerprint density at radius 1 is 1.29 bits per heavy atom. The molecule has 0 spiro atoms. The number of benzene rings is 1. The van der Waals surface area contributed by atoms with Crippen molar-refractivity contribution in [2.75, 3.05) is 19.3 Å². The average molecular weight is 304 g/mol. The van der Waals surface area contributed by atoms with Crippen molar-refractivity contribution in [1.29, 1.82) is 0 Å². The van der Waals surface area contributed by atoms with E-state index >= 15 is 0 Å². The zero-order valence-electron chi connectivity index (χ0n) is 12.7. The lowest BCUT2D eigenvalue weighted by Gasteiger charge is -2.31. The molecule has 1 unspecified atom stereocenters. The maximum Gasteiger partial charge on any atom is 0.255 e. The number of thioether (sulfide) groups is 1. The number of carbonyl (C=O) groups excluding carboxylic acids is 1. The van der Waals surface area contributed by atoms with Gasteiger partial charge in [0, 0.05) is 23.5 Å². The van der Waals surface area contributed by atoms with E-state index in [0.29, 0.717) is 12.1 Å². The van der Waals surface area contributed by atoms with Crippen molar-refractivity contribution in [2.45, 2.75) is 49.1 Å². The summed E-state index contributed by atoms with van der Waals surface area (Å²) in [6.45, 7) is 1.96. The third-order valence-corrected chi connectivity index (χ3v) is 5.21. The Morgan fingerprint density at radius 3 is 2.76 bits per heavy atom. The third-order valence-electron chi connectivity index (χ3n) is 4.42. The van der Waals surface area contributed by atoms with E-state index in [1.165, 1.54) is 32.1 Å². The van der Waals surface area contributed by atoms with Crippen LogP contribution in [0, 0.1) is 0 Å². The molecule has 1 aromatic carbocycles. The first-order valence-corrected chi connectivity index (χ1v) is 9.19. The molecule has 21 heavy (non-hydrogen) atoms. The first-order chi connectivity index (χ1) is 10.3. The molecule has 4 heteroatoms. The Kier molecular flexibility index (Phi) is 4.86. The van der Waals surface area contributed by atoms with Gasteiger partial charge in [0.05, 0.1) is 5.56 Å². The monoisotopic (exact) mass is 304 g/mol. The summed E-state index contributed by atoms with van der Waals surface area (Å²) < 4.78 is 0. The fourth-order valence-electron chi connectivity index (χ4n) is 3.08. The lowest BCUT2D eigenvalue weighted by molar-refractivity contribution is 0.0714. The van der Waals surface area contributed by atoms with Crippen LogP contribution in [0.3, 0.4) is 0 Å². The lowest BCUT2D eigenvalue weighted by atomic mass is 10.0. The van der Waals surface area contributed by atoms with E-state index in [-0.39, 0.29) is 5.91 Å². The predicted octanol–water partition coefficient (Wildman–Crippen LogP) is 3.16. The van der Waals surface area contributed by atoms with E-state index < -0.39 is 0 Å². The van der Waals surface area contributed by atoms with Gasteiger partial charge in [0.1, 0.15) is 0 Å². The van der Waals surface area contributed by atoms with Crippen molar-refractivity contribution in [1.82, 2.24) is 10.2 Å². The molecule has 2 aliphatic rings. The van der Waals surface area contributed by atoms with Gasteiger partial charge in [-0.2, -0.15) is 0 Å². The highest BCUT2D eigenvalue weighted by molar-refractivity contribution is 7.98. The smallest absolute Gasteiger partial charge is 0.255 e.